The largest absolute Gasteiger partial charge is 0.481 e. The Morgan fingerprint density at radius 2 is 1.74 bits per heavy atom. The van der Waals surface area contributed by atoms with Crippen LogP contribution in [0.15, 0.2) is 76.7 Å². The van der Waals surface area contributed by atoms with Gasteiger partial charge in [-0.25, -0.2) is 4.79 Å². The van der Waals surface area contributed by atoms with Gasteiger partial charge in [0.1, 0.15) is 6.54 Å². The van der Waals surface area contributed by atoms with Crippen molar-refractivity contribution in [3.8, 4) is 0 Å². The quantitative estimate of drug-likeness (QED) is 0.116. The van der Waals surface area contributed by atoms with Crippen LogP contribution in [0.5, 0.6) is 0 Å². The van der Waals surface area contributed by atoms with Crippen LogP contribution in [0.2, 0.25) is 0 Å². The van der Waals surface area contributed by atoms with Gasteiger partial charge in [0, 0.05) is 60.4 Å². The number of aliphatic carboxylic acids is 1. The number of carbonyl (C=O) groups is 5. The lowest BCUT2D eigenvalue weighted by Crippen LogP contribution is -2.46. The number of nitrogens with zero attached hydrogens (tertiary/aromatic N) is 4. The van der Waals surface area contributed by atoms with Crippen LogP contribution in [0.3, 0.4) is 0 Å². The van der Waals surface area contributed by atoms with Crippen LogP contribution in [0.25, 0.3) is 23.1 Å². The Labute approximate surface area is 312 Å². The van der Waals surface area contributed by atoms with E-state index >= 15 is 0 Å². The molecule has 1 aliphatic carbocycles. The van der Waals surface area contributed by atoms with Crippen molar-refractivity contribution in [2.75, 3.05) is 27.2 Å². The van der Waals surface area contributed by atoms with Crippen LogP contribution >= 0.6 is 11.8 Å². The number of likely N-dealkylation sites (N-methyl/N-ethyl adjacent to an activating group) is 1. The number of hydrogen-bond acceptors (Lipinski definition) is 8. The second kappa shape index (κ2) is 18.8. The third-order valence-electron chi connectivity index (χ3n) is 9.09. The number of carboxylic acids is 1. The molecule has 2 aromatic heterocycles. The van der Waals surface area contributed by atoms with Crippen molar-refractivity contribution in [3.05, 3.63) is 83.8 Å². The van der Waals surface area contributed by atoms with Gasteiger partial charge in [-0.2, -0.15) is 9.78 Å². The summed E-state index contributed by atoms with van der Waals surface area (Å²) in [6, 6.07) is 17.9. The maximum absolute atomic E-state index is 13.9. The summed E-state index contributed by atoms with van der Waals surface area (Å²) in [7, 11) is 3.14. The standard InChI is InChI=1S/C39H45N7O6S/c1-40-38(51)31-11-5-6-12-34(31)53-29-19-20-30-32(21-18-27-10-7-9-22-41-27)44-46(33(30)24-29)39(52)45(2)25-35(47)43-28-16-14-26(15-17-28)37(50)42-23-8-3-4-13-36(48)49/h5-7,9-12,18-22,24,26,28H,3-4,8,13-17,23,25H2,1-2H3,(H,40,51)(H,42,50)(H,43,47)(H,48,49)/b21-18+. The Morgan fingerprint density at radius 3 is 2.47 bits per heavy atom. The fourth-order valence-corrected chi connectivity index (χ4v) is 7.22. The molecule has 1 aliphatic rings. The molecule has 0 spiro atoms. The number of amides is 4. The normalized spacial score (nSPS) is 15.6. The minimum absolute atomic E-state index is 0.00346. The van der Waals surface area contributed by atoms with Crippen LogP contribution < -0.4 is 16.0 Å². The van der Waals surface area contributed by atoms with Crippen LogP contribution in [0, 0.1) is 5.92 Å². The van der Waals surface area contributed by atoms with Crippen molar-refractivity contribution >= 4 is 64.5 Å². The van der Waals surface area contributed by atoms with E-state index in [0.717, 1.165) is 33.7 Å². The summed E-state index contributed by atoms with van der Waals surface area (Å²) in [4.78, 5) is 70.0. The summed E-state index contributed by atoms with van der Waals surface area (Å²) < 4.78 is 1.30. The van der Waals surface area contributed by atoms with Gasteiger partial charge in [-0.05, 0) is 93.1 Å². The fourth-order valence-electron chi connectivity index (χ4n) is 6.25. The average molecular weight is 740 g/mol. The van der Waals surface area contributed by atoms with Crippen molar-refractivity contribution in [1.29, 1.82) is 0 Å². The molecular formula is C39H45N7O6S. The zero-order valence-corrected chi connectivity index (χ0v) is 30.7. The van der Waals surface area contributed by atoms with Crippen molar-refractivity contribution in [2.24, 2.45) is 5.92 Å². The molecule has 4 amide bonds. The molecule has 5 rings (SSSR count). The molecule has 4 N–H and O–H groups in total. The van der Waals surface area contributed by atoms with E-state index in [1.807, 2.05) is 54.6 Å². The molecule has 0 bridgehead atoms. The van der Waals surface area contributed by atoms with Gasteiger partial charge in [-0.15, -0.1) is 0 Å². The van der Waals surface area contributed by atoms with Crippen molar-refractivity contribution in [2.45, 2.75) is 67.2 Å². The Balaban J connectivity index is 1.23. The summed E-state index contributed by atoms with van der Waals surface area (Å²) in [6.45, 7) is 0.338. The second-order valence-electron chi connectivity index (χ2n) is 13.0. The van der Waals surface area contributed by atoms with Gasteiger partial charge >= 0.3 is 12.0 Å². The topological polar surface area (TPSA) is 176 Å². The summed E-state index contributed by atoms with van der Waals surface area (Å²) in [5, 5.41) is 22.8. The number of hydrogen-bond donors (Lipinski definition) is 4. The minimum atomic E-state index is -0.810. The smallest absolute Gasteiger partial charge is 0.345 e. The third kappa shape index (κ3) is 10.8. The van der Waals surface area contributed by atoms with Gasteiger partial charge in [0.25, 0.3) is 5.91 Å². The molecule has 2 heterocycles. The van der Waals surface area contributed by atoms with Gasteiger partial charge in [0.15, 0.2) is 0 Å². The SMILES string of the molecule is CNC(=O)c1ccccc1Sc1ccc2c(/C=C/c3ccccn3)nn(C(=O)N(C)CC(=O)NC3CCC(C(=O)NCCCCCC(=O)O)CC3)c2c1. The first-order valence-corrected chi connectivity index (χ1v) is 18.6. The lowest BCUT2D eigenvalue weighted by Gasteiger charge is -2.29. The summed E-state index contributed by atoms with van der Waals surface area (Å²) in [5.74, 6) is -1.44. The molecule has 13 nitrogen and oxygen atoms in total. The highest BCUT2D eigenvalue weighted by Gasteiger charge is 2.28. The maximum Gasteiger partial charge on any atom is 0.345 e. The van der Waals surface area contributed by atoms with E-state index in [0.29, 0.717) is 55.4 Å². The molecule has 278 valence electrons. The van der Waals surface area contributed by atoms with E-state index < -0.39 is 12.0 Å². The molecule has 0 aliphatic heterocycles. The number of unbranched alkanes of at least 4 members (excludes halogenated alkanes) is 2. The number of nitrogens with one attached hydrogen (secondary N) is 3. The van der Waals surface area contributed by atoms with Crippen molar-refractivity contribution < 1.29 is 29.1 Å². The molecule has 0 unspecified atom stereocenters. The monoisotopic (exact) mass is 739 g/mol. The highest BCUT2D eigenvalue weighted by Crippen LogP contribution is 2.34. The lowest BCUT2D eigenvalue weighted by molar-refractivity contribution is -0.137. The van der Waals surface area contributed by atoms with Gasteiger partial charge in [0.05, 0.1) is 22.5 Å². The number of benzene rings is 2. The van der Waals surface area contributed by atoms with Gasteiger partial charge in [0.2, 0.25) is 11.8 Å². The fraction of sp³-hybridized carbons (Fsp3) is 0.359. The molecule has 14 heteroatoms. The van der Waals surface area contributed by atoms with Crippen LogP contribution in [0.4, 0.5) is 4.79 Å². The van der Waals surface area contributed by atoms with Crippen LogP contribution in [-0.2, 0) is 14.4 Å². The predicted molar refractivity (Wildman–Crippen MR) is 203 cm³/mol. The molecule has 53 heavy (non-hydrogen) atoms. The minimum Gasteiger partial charge on any atom is -0.481 e. The summed E-state index contributed by atoms with van der Waals surface area (Å²) >= 11 is 1.40. The molecular weight excluding hydrogens is 695 g/mol. The number of rotatable bonds is 15. The predicted octanol–water partition coefficient (Wildman–Crippen LogP) is 5.45. The lowest BCUT2D eigenvalue weighted by atomic mass is 9.85. The Hall–Kier alpha value is -5.50. The summed E-state index contributed by atoms with van der Waals surface area (Å²) in [6.07, 6.45) is 10.1. The molecule has 0 saturated heterocycles. The average Bonchev–Trinajstić information content (AvgIpc) is 3.52. The van der Waals surface area contributed by atoms with E-state index in [2.05, 4.69) is 26.0 Å². The molecule has 2 aromatic carbocycles. The Morgan fingerprint density at radius 1 is 0.962 bits per heavy atom. The number of carbonyl (C=O) groups excluding carboxylic acids is 4. The van der Waals surface area contributed by atoms with Crippen molar-refractivity contribution in [1.82, 2.24) is 35.6 Å². The maximum atomic E-state index is 13.9. The van der Waals surface area contributed by atoms with Gasteiger partial charge in [-0.1, -0.05) is 36.4 Å². The van der Waals surface area contributed by atoms with E-state index in [1.54, 1.807) is 38.5 Å². The first-order chi connectivity index (χ1) is 25.6. The van der Waals surface area contributed by atoms with Crippen LogP contribution in [0.1, 0.15) is 73.1 Å². The highest BCUT2D eigenvalue weighted by molar-refractivity contribution is 7.99. The zero-order valence-electron chi connectivity index (χ0n) is 29.9. The molecule has 4 aromatic rings. The van der Waals surface area contributed by atoms with Gasteiger partial charge in [-0.3, -0.25) is 24.2 Å². The zero-order chi connectivity index (χ0) is 37.7. The summed E-state index contributed by atoms with van der Waals surface area (Å²) in [5.41, 5.74) is 2.36. The second-order valence-corrected chi connectivity index (χ2v) is 14.1. The van der Waals surface area contributed by atoms with E-state index in [4.69, 9.17) is 5.11 Å². The van der Waals surface area contributed by atoms with Crippen LogP contribution in [-0.4, -0.2) is 87.7 Å². The number of aromatic nitrogens is 3. The third-order valence-corrected chi connectivity index (χ3v) is 10.2. The highest BCUT2D eigenvalue weighted by atomic mass is 32.2. The molecule has 0 atom stereocenters. The molecule has 0 radical (unpaired) electrons. The van der Waals surface area contributed by atoms with E-state index in [9.17, 15) is 24.0 Å². The van der Waals surface area contributed by atoms with E-state index in [1.165, 1.54) is 21.3 Å². The number of fused-ring (bicyclic) bond motifs is 1. The molecule has 1 saturated carbocycles. The molecule has 1 fully saturated rings. The Bertz CT molecular complexity index is 1960. The van der Waals surface area contributed by atoms with Crippen molar-refractivity contribution in [3.63, 3.8) is 0 Å². The first-order valence-electron chi connectivity index (χ1n) is 17.8. The number of carboxylic acid groups (broad SMARTS) is 1. The first kappa shape index (κ1) is 38.7. The Kier molecular flexibility index (Phi) is 13.8. The van der Waals surface area contributed by atoms with E-state index in [-0.39, 0.29) is 42.6 Å². The number of pyridine rings is 1. The van der Waals surface area contributed by atoms with Gasteiger partial charge < -0.3 is 26.0 Å².